The van der Waals surface area contributed by atoms with Crippen molar-refractivity contribution in [3.05, 3.63) is 77.3 Å². The predicted molar refractivity (Wildman–Crippen MR) is 131 cm³/mol. The molecule has 33 heavy (non-hydrogen) atoms. The zero-order valence-corrected chi connectivity index (χ0v) is 19.0. The third-order valence-electron chi connectivity index (χ3n) is 5.43. The minimum absolute atomic E-state index is 0.168. The second kappa shape index (κ2) is 9.48. The highest BCUT2D eigenvalue weighted by atomic mass is 32.1. The zero-order valence-electron chi connectivity index (χ0n) is 18.2. The Balaban J connectivity index is 1.32. The number of ether oxygens (including phenoxy) is 1. The van der Waals surface area contributed by atoms with Crippen LogP contribution in [0.2, 0.25) is 0 Å². The van der Waals surface area contributed by atoms with Crippen LogP contribution >= 0.6 is 11.3 Å². The van der Waals surface area contributed by atoms with E-state index in [2.05, 4.69) is 25.4 Å². The lowest BCUT2D eigenvalue weighted by Crippen LogP contribution is -2.36. The smallest absolute Gasteiger partial charge is 0.267 e. The molecule has 0 aliphatic carbocycles. The summed E-state index contributed by atoms with van der Waals surface area (Å²) in [6, 6.07) is 21.5. The van der Waals surface area contributed by atoms with Gasteiger partial charge >= 0.3 is 0 Å². The lowest BCUT2D eigenvalue weighted by atomic mass is 10.1. The van der Waals surface area contributed by atoms with E-state index in [-0.39, 0.29) is 5.91 Å². The highest BCUT2D eigenvalue weighted by molar-refractivity contribution is 7.17. The number of aryl methyl sites for hydroxylation is 1. The molecular weight excluding hydrogens is 434 g/mol. The Hall–Kier alpha value is -3.62. The van der Waals surface area contributed by atoms with Crippen LogP contribution in [0, 0.1) is 6.92 Å². The third kappa shape index (κ3) is 4.76. The summed E-state index contributed by atoms with van der Waals surface area (Å²) in [6.07, 6.45) is 0. The summed E-state index contributed by atoms with van der Waals surface area (Å²) < 4.78 is 5.39. The minimum Gasteiger partial charge on any atom is -0.378 e. The number of carbonyl (C=O) groups is 1. The van der Waals surface area contributed by atoms with Crippen molar-refractivity contribution in [2.75, 3.05) is 36.5 Å². The van der Waals surface area contributed by atoms with Crippen molar-refractivity contribution in [3.8, 4) is 21.8 Å². The fraction of sp³-hybridized carbons (Fsp3) is 0.200. The van der Waals surface area contributed by atoms with E-state index in [1.54, 1.807) is 0 Å². The summed E-state index contributed by atoms with van der Waals surface area (Å²) in [6.45, 7) is 4.91. The van der Waals surface area contributed by atoms with Gasteiger partial charge in [0.1, 0.15) is 9.88 Å². The average Bonchev–Trinajstić information content (AvgIpc) is 3.27. The average molecular weight is 458 g/mol. The first-order valence-corrected chi connectivity index (χ1v) is 11.6. The monoisotopic (exact) mass is 457 g/mol. The molecule has 0 radical (unpaired) electrons. The van der Waals surface area contributed by atoms with Crippen LogP contribution in [0.5, 0.6) is 0 Å². The first-order chi connectivity index (χ1) is 16.2. The van der Waals surface area contributed by atoms with Gasteiger partial charge in [-0.1, -0.05) is 42.5 Å². The Labute approximate surface area is 196 Å². The van der Waals surface area contributed by atoms with Gasteiger partial charge in [-0.15, -0.1) is 21.5 Å². The van der Waals surface area contributed by atoms with Gasteiger partial charge in [-0.2, -0.15) is 0 Å². The summed E-state index contributed by atoms with van der Waals surface area (Å²) in [7, 11) is 0. The van der Waals surface area contributed by atoms with Crippen molar-refractivity contribution < 1.29 is 9.53 Å². The molecule has 1 fully saturated rings. The molecular formula is C25H23N5O2S. The highest BCUT2D eigenvalue weighted by Crippen LogP contribution is 2.29. The maximum Gasteiger partial charge on any atom is 0.267 e. The number of hydrogen-bond acceptors (Lipinski definition) is 7. The number of carbonyl (C=O) groups excluding carboxylic acids is 1. The molecule has 1 aliphatic heterocycles. The zero-order chi connectivity index (χ0) is 22.6. The van der Waals surface area contributed by atoms with Crippen molar-refractivity contribution in [1.29, 1.82) is 0 Å². The topological polar surface area (TPSA) is 80.2 Å². The second-order valence-electron chi connectivity index (χ2n) is 7.71. The first-order valence-electron chi connectivity index (χ1n) is 10.8. The molecule has 1 saturated heterocycles. The number of amides is 1. The molecule has 0 spiro atoms. The number of nitrogens with zero attached hydrogens (tertiary/aromatic N) is 4. The van der Waals surface area contributed by atoms with Crippen LogP contribution in [-0.2, 0) is 4.74 Å². The Kier molecular flexibility index (Phi) is 6.10. The molecule has 5 rings (SSSR count). The number of nitrogens with one attached hydrogen (secondary N) is 1. The lowest BCUT2D eigenvalue weighted by molar-refractivity contribution is 0.103. The molecule has 1 amide bonds. The van der Waals surface area contributed by atoms with Gasteiger partial charge in [0, 0.05) is 29.9 Å². The van der Waals surface area contributed by atoms with E-state index in [9.17, 15) is 4.79 Å². The lowest BCUT2D eigenvalue weighted by Gasteiger charge is -2.27. The van der Waals surface area contributed by atoms with E-state index >= 15 is 0 Å². The number of morpholine rings is 1. The normalized spacial score (nSPS) is 13.7. The second-order valence-corrected chi connectivity index (χ2v) is 8.71. The fourth-order valence-corrected chi connectivity index (χ4v) is 4.66. The van der Waals surface area contributed by atoms with Gasteiger partial charge in [-0.05, 0) is 31.2 Å². The molecule has 0 atom stereocenters. The van der Waals surface area contributed by atoms with Crippen LogP contribution in [-0.4, -0.2) is 47.4 Å². The Morgan fingerprint density at radius 1 is 0.970 bits per heavy atom. The molecule has 4 aromatic rings. The van der Waals surface area contributed by atoms with Crippen LogP contribution in [0.15, 0.2) is 66.7 Å². The molecule has 7 nitrogen and oxygen atoms in total. The number of hydrogen-bond donors (Lipinski definition) is 1. The molecule has 1 N–H and O–H groups in total. The molecule has 8 heteroatoms. The van der Waals surface area contributed by atoms with Crippen molar-refractivity contribution in [3.63, 3.8) is 0 Å². The van der Waals surface area contributed by atoms with Crippen molar-refractivity contribution in [2.45, 2.75) is 6.92 Å². The van der Waals surface area contributed by atoms with E-state index in [1.165, 1.54) is 11.3 Å². The Morgan fingerprint density at radius 2 is 1.76 bits per heavy atom. The molecule has 2 aromatic carbocycles. The molecule has 2 aromatic heterocycles. The molecule has 0 bridgehead atoms. The predicted octanol–water partition coefficient (Wildman–Crippen LogP) is 4.66. The van der Waals surface area contributed by atoms with E-state index in [0.717, 1.165) is 46.4 Å². The summed E-state index contributed by atoms with van der Waals surface area (Å²) in [4.78, 5) is 20.3. The van der Waals surface area contributed by atoms with Crippen LogP contribution in [0.1, 0.15) is 15.4 Å². The molecule has 0 saturated carbocycles. The van der Waals surface area contributed by atoms with Crippen LogP contribution < -0.4 is 10.2 Å². The largest absolute Gasteiger partial charge is 0.378 e. The summed E-state index contributed by atoms with van der Waals surface area (Å²) in [5.74, 6) is 0.680. The maximum absolute atomic E-state index is 13.0. The SMILES string of the molecule is Cc1nc(-c2ccccc2)sc1C(=O)Nc1cccc(-c2ccc(N3CCOCC3)nn2)c1. The van der Waals surface area contributed by atoms with Gasteiger partial charge in [0.2, 0.25) is 0 Å². The van der Waals surface area contributed by atoms with Crippen LogP contribution in [0.25, 0.3) is 21.8 Å². The van der Waals surface area contributed by atoms with Gasteiger partial charge in [0.25, 0.3) is 5.91 Å². The van der Waals surface area contributed by atoms with Crippen LogP contribution in [0.4, 0.5) is 11.5 Å². The highest BCUT2D eigenvalue weighted by Gasteiger charge is 2.17. The number of thiazole rings is 1. The standard InChI is InChI=1S/C25H23N5O2S/c1-17-23(33-25(26-17)18-6-3-2-4-7-18)24(31)27-20-9-5-8-19(16-20)21-10-11-22(29-28-21)30-12-14-32-15-13-30/h2-11,16H,12-15H2,1H3,(H,27,31). The molecule has 166 valence electrons. The van der Waals surface area contributed by atoms with Crippen molar-refractivity contribution in [2.24, 2.45) is 0 Å². The third-order valence-corrected chi connectivity index (χ3v) is 6.63. The quantitative estimate of drug-likeness (QED) is 0.469. The van der Waals surface area contributed by atoms with Gasteiger partial charge < -0.3 is 15.0 Å². The molecule has 0 unspecified atom stereocenters. The van der Waals surface area contributed by atoms with E-state index in [0.29, 0.717) is 23.8 Å². The number of rotatable bonds is 5. The minimum atomic E-state index is -0.168. The van der Waals surface area contributed by atoms with Crippen molar-refractivity contribution >= 4 is 28.7 Å². The number of aromatic nitrogens is 3. The van der Waals surface area contributed by atoms with Gasteiger partial charge in [-0.3, -0.25) is 4.79 Å². The summed E-state index contributed by atoms with van der Waals surface area (Å²) in [5, 5.41) is 12.6. The summed E-state index contributed by atoms with van der Waals surface area (Å²) in [5.41, 5.74) is 4.07. The first kappa shape index (κ1) is 21.2. The van der Waals surface area contributed by atoms with Gasteiger partial charge in [0.15, 0.2) is 5.82 Å². The number of anilines is 2. The van der Waals surface area contributed by atoms with E-state index in [4.69, 9.17) is 4.74 Å². The van der Waals surface area contributed by atoms with Crippen LogP contribution in [0.3, 0.4) is 0 Å². The number of benzene rings is 2. The Morgan fingerprint density at radius 3 is 2.52 bits per heavy atom. The van der Waals surface area contributed by atoms with Crippen molar-refractivity contribution in [1.82, 2.24) is 15.2 Å². The Bertz CT molecular complexity index is 1250. The fourth-order valence-electron chi connectivity index (χ4n) is 3.70. The maximum atomic E-state index is 13.0. The van der Waals surface area contributed by atoms with Gasteiger partial charge in [-0.25, -0.2) is 4.98 Å². The van der Waals surface area contributed by atoms with Gasteiger partial charge in [0.05, 0.1) is 24.6 Å². The molecule has 1 aliphatic rings. The van der Waals surface area contributed by atoms with E-state index < -0.39 is 0 Å². The van der Waals surface area contributed by atoms with E-state index in [1.807, 2.05) is 73.7 Å². The molecule has 3 heterocycles. The summed E-state index contributed by atoms with van der Waals surface area (Å²) >= 11 is 1.40.